The average molecular weight is 391 g/mol. The van der Waals surface area contributed by atoms with E-state index in [9.17, 15) is 0 Å². The Morgan fingerprint density at radius 2 is 1.54 bits per heavy atom. The fourth-order valence-corrected chi connectivity index (χ4v) is 3.56. The first-order chi connectivity index (χ1) is 11.7. The second-order valence-electron chi connectivity index (χ2n) is 5.82. The first-order valence-corrected chi connectivity index (χ1v) is 8.95. The second kappa shape index (κ2) is 8.01. The highest BCUT2D eigenvalue weighted by Crippen LogP contribution is 2.41. The number of rotatable bonds is 5. The Labute approximate surface area is 151 Å². The Kier molecular flexibility index (Phi) is 5.76. The molecule has 1 unspecified atom stereocenters. The van der Waals surface area contributed by atoms with Crippen LogP contribution in [0.2, 0.25) is 0 Å². The second-order valence-corrected chi connectivity index (χ2v) is 6.73. The van der Waals surface area contributed by atoms with Crippen molar-refractivity contribution in [2.24, 2.45) is 0 Å². The molecule has 1 aliphatic rings. The third-order valence-corrected chi connectivity index (χ3v) is 4.97. The van der Waals surface area contributed by atoms with Crippen LogP contribution >= 0.6 is 15.9 Å². The first kappa shape index (κ1) is 17.3. The summed E-state index contributed by atoms with van der Waals surface area (Å²) in [6, 6.07) is 14.6. The Morgan fingerprint density at radius 1 is 0.958 bits per heavy atom. The first-order valence-electron chi connectivity index (χ1n) is 8.15. The maximum absolute atomic E-state index is 5.67. The number of nitrogens with zero attached hydrogens (tertiary/aromatic N) is 1. The van der Waals surface area contributed by atoms with E-state index in [1.807, 2.05) is 18.2 Å². The van der Waals surface area contributed by atoms with E-state index in [1.54, 1.807) is 14.2 Å². The van der Waals surface area contributed by atoms with Gasteiger partial charge < -0.3 is 14.8 Å². The normalized spacial score (nSPS) is 16.6. The van der Waals surface area contributed by atoms with Gasteiger partial charge in [-0.3, -0.25) is 4.90 Å². The summed E-state index contributed by atoms with van der Waals surface area (Å²) in [5.74, 6) is 1.72. The maximum atomic E-state index is 5.67. The third kappa shape index (κ3) is 3.58. The van der Waals surface area contributed by atoms with Crippen LogP contribution in [0.15, 0.2) is 46.9 Å². The molecule has 1 heterocycles. The van der Waals surface area contributed by atoms with Gasteiger partial charge in [-0.15, -0.1) is 0 Å². The molecule has 5 heteroatoms. The van der Waals surface area contributed by atoms with Gasteiger partial charge >= 0.3 is 0 Å². The van der Waals surface area contributed by atoms with E-state index < -0.39 is 0 Å². The molecule has 2 aromatic carbocycles. The summed E-state index contributed by atoms with van der Waals surface area (Å²) < 4.78 is 12.4. The van der Waals surface area contributed by atoms with Crippen molar-refractivity contribution in [3.63, 3.8) is 0 Å². The van der Waals surface area contributed by atoms with Gasteiger partial charge in [0.15, 0.2) is 0 Å². The molecule has 0 aliphatic carbocycles. The lowest BCUT2D eigenvalue weighted by molar-refractivity contribution is 0.192. The number of benzene rings is 2. The van der Waals surface area contributed by atoms with E-state index in [1.165, 1.54) is 5.56 Å². The molecule has 0 radical (unpaired) electrons. The number of methoxy groups -OCH3 is 2. The predicted octanol–water partition coefficient (Wildman–Crippen LogP) is 3.46. The minimum absolute atomic E-state index is 0.103. The molecule has 1 atom stereocenters. The molecule has 128 valence electrons. The lowest BCUT2D eigenvalue weighted by Gasteiger charge is -2.36. The third-order valence-electron chi connectivity index (χ3n) is 4.44. The molecule has 0 spiro atoms. The quantitative estimate of drug-likeness (QED) is 0.847. The summed E-state index contributed by atoms with van der Waals surface area (Å²) in [4.78, 5) is 2.49. The molecule has 0 aromatic heterocycles. The monoisotopic (exact) mass is 390 g/mol. The van der Waals surface area contributed by atoms with Crippen molar-refractivity contribution in [2.45, 2.75) is 6.04 Å². The molecule has 4 nitrogen and oxygen atoms in total. The van der Waals surface area contributed by atoms with Crippen molar-refractivity contribution < 1.29 is 9.47 Å². The maximum Gasteiger partial charge on any atom is 0.127 e. The molecule has 0 bridgehead atoms. The van der Waals surface area contributed by atoms with Gasteiger partial charge in [-0.25, -0.2) is 0 Å². The summed E-state index contributed by atoms with van der Waals surface area (Å²) in [5.41, 5.74) is 2.33. The highest BCUT2D eigenvalue weighted by atomic mass is 79.9. The number of piperazine rings is 1. The fraction of sp³-hybridized carbons (Fsp3) is 0.368. The van der Waals surface area contributed by atoms with Gasteiger partial charge in [-0.05, 0) is 29.8 Å². The number of hydrogen-bond donors (Lipinski definition) is 1. The molecule has 1 saturated heterocycles. The molecule has 1 fully saturated rings. The number of ether oxygens (including phenoxy) is 2. The molecule has 0 amide bonds. The van der Waals surface area contributed by atoms with Crippen molar-refractivity contribution in [1.82, 2.24) is 10.2 Å². The van der Waals surface area contributed by atoms with Crippen LogP contribution in [0.3, 0.4) is 0 Å². The standard InChI is InChI=1S/C19H23BrN2O2/c1-23-16-4-3-5-17(24-2)18(16)19(22-12-10-21-11-13-22)14-6-8-15(20)9-7-14/h3-9,19,21H,10-13H2,1-2H3. The molecule has 2 aromatic rings. The highest BCUT2D eigenvalue weighted by molar-refractivity contribution is 9.10. The summed E-state index contributed by atoms with van der Waals surface area (Å²) >= 11 is 3.53. The van der Waals surface area contributed by atoms with Crippen molar-refractivity contribution in [3.8, 4) is 11.5 Å². The van der Waals surface area contributed by atoms with Gasteiger partial charge in [-0.2, -0.15) is 0 Å². The van der Waals surface area contributed by atoms with Crippen LogP contribution in [0.5, 0.6) is 11.5 Å². The Balaban J connectivity index is 2.12. The van der Waals surface area contributed by atoms with Crippen LogP contribution in [0.25, 0.3) is 0 Å². The molecular weight excluding hydrogens is 368 g/mol. The Hall–Kier alpha value is -1.56. The van der Waals surface area contributed by atoms with E-state index in [0.717, 1.165) is 47.7 Å². The molecular formula is C19H23BrN2O2. The summed E-state index contributed by atoms with van der Waals surface area (Å²) in [7, 11) is 3.43. The van der Waals surface area contributed by atoms with Gasteiger partial charge in [0.25, 0.3) is 0 Å². The zero-order chi connectivity index (χ0) is 16.9. The Morgan fingerprint density at radius 3 is 2.08 bits per heavy atom. The van der Waals surface area contributed by atoms with Crippen LogP contribution < -0.4 is 14.8 Å². The lowest BCUT2D eigenvalue weighted by Crippen LogP contribution is -2.45. The van der Waals surface area contributed by atoms with Crippen LogP contribution in [0.1, 0.15) is 17.2 Å². The van der Waals surface area contributed by atoms with Gasteiger partial charge in [0.2, 0.25) is 0 Å². The zero-order valence-corrected chi connectivity index (χ0v) is 15.7. The molecule has 1 N–H and O–H groups in total. The van der Waals surface area contributed by atoms with Crippen LogP contribution in [-0.2, 0) is 0 Å². The topological polar surface area (TPSA) is 33.7 Å². The lowest BCUT2D eigenvalue weighted by atomic mass is 9.94. The molecule has 1 aliphatic heterocycles. The van der Waals surface area contributed by atoms with Crippen LogP contribution in [-0.4, -0.2) is 45.3 Å². The van der Waals surface area contributed by atoms with E-state index >= 15 is 0 Å². The fourth-order valence-electron chi connectivity index (χ4n) is 3.29. The van der Waals surface area contributed by atoms with Crippen molar-refractivity contribution >= 4 is 15.9 Å². The SMILES string of the molecule is COc1cccc(OC)c1C(c1ccc(Br)cc1)N1CCNCC1. The van der Waals surface area contributed by atoms with Crippen molar-refractivity contribution in [3.05, 3.63) is 58.1 Å². The summed E-state index contributed by atoms with van der Waals surface area (Å²) in [6.45, 7) is 3.96. The largest absolute Gasteiger partial charge is 0.496 e. The smallest absolute Gasteiger partial charge is 0.127 e. The minimum Gasteiger partial charge on any atom is -0.496 e. The van der Waals surface area contributed by atoms with Crippen molar-refractivity contribution in [1.29, 1.82) is 0 Å². The van der Waals surface area contributed by atoms with Crippen LogP contribution in [0.4, 0.5) is 0 Å². The van der Waals surface area contributed by atoms with E-state index in [2.05, 4.69) is 50.4 Å². The van der Waals surface area contributed by atoms with Gasteiger partial charge in [0.1, 0.15) is 11.5 Å². The van der Waals surface area contributed by atoms with Gasteiger partial charge in [-0.1, -0.05) is 34.1 Å². The molecule has 0 saturated carbocycles. The minimum atomic E-state index is 0.103. The summed E-state index contributed by atoms with van der Waals surface area (Å²) in [6.07, 6.45) is 0. The number of halogens is 1. The summed E-state index contributed by atoms with van der Waals surface area (Å²) in [5, 5.41) is 3.43. The van der Waals surface area contributed by atoms with E-state index in [4.69, 9.17) is 9.47 Å². The Bertz CT molecular complexity index is 647. The van der Waals surface area contributed by atoms with Gasteiger partial charge in [0.05, 0.1) is 25.8 Å². The van der Waals surface area contributed by atoms with Crippen LogP contribution in [0, 0.1) is 0 Å². The van der Waals surface area contributed by atoms with E-state index in [-0.39, 0.29) is 6.04 Å². The van der Waals surface area contributed by atoms with E-state index in [0.29, 0.717) is 0 Å². The average Bonchev–Trinajstić information content (AvgIpc) is 2.64. The van der Waals surface area contributed by atoms with Gasteiger partial charge in [0, 0.05) is 30.7 Å². The van der Waals surface area contributed by atoms with Crippen molar-refractivity contribution in [2.75, 3.05) is 40.4 Å². The highest BCUT2D eigenvalue weighted by Gasteiger charge is 2.29. The zero-order valence-electron chi connectivity index (χ0n) is 14.1. The molecule has 24 heavy (non-hydrogen) atoms. The number of hydrogen-bond acceptors (Lipinski definition) is 4. The predicted molar refractivity (Wildman–Crippen MR) is 100.0 cm³/mol. The molecule has 3 rings (SSSR count). The number of nitrogens with one attached hydrogen (secondary N) is 1.